The Morgan fingerprint density at radius 1 is 1.43 bits per heavy atom. The number of amidine groups is 1. The van der Waals surface area contributed by atoms with Gasteiger partial charge in [0.1, 0.15) is 0 Å². The number of aryl methyl sites for hydroxylation is 1. The normalized spacial score (nSPS) is 13.3. The minimum Gasteiger partial charge on any atom is -0.409 e. The summed E-state index contributed by atoms with van der Waals surface area (Å²) in [5.74, 6) is -0.237. The van der Waals surface area contributed by atoms with Crippen molar-refractivity contribution < 1.29 is 13.6 Å². The quantitative estimate of drug-likeness (QED) is 0.284. The van der Waals surface area contributed by atoms with Crippen LogP contribution < -0.4 is 10.5 Å². The maximum Gasteiger partial charge on any atom is 0.212 e. The lowest BCUT2D eigenvalue weighted by Crippen LogP contribution is -2.57. The molecule has 0 radical (unpaired) electrons. The molecule has 0 aliphatic heterocycles. The molecule has 21 heavy (non-hydrogen) atoms. The summed E-state index contributed by atoms with van der Waals surface area (Å²) in [6.45, 7) is 3.56. The second kappa shape index (κ2) is 7.37. The third-order valence-electron chi connectivity index (χ3n) is 3.51. The van der Waals surface area contributed by atoms with E-state index in [4.69, 9.17) is 10.9 Å². The number of sulfonamides is 1. The van der Waals surface area contributed by atoms with Crippen LogP contribution in [0.25, 0.3) is 0 Å². The number of hydrogen-bond donors (Lipinski definition) is 3. The summed E-state index contributed by atoms with van der Waals surface area (Å²) in [6.07, 6.45) is 2.70. The van der Waals surface area contributed by atoms with Crippen molar-refractivity contribution >= 4 is 15.9 Å². The van der Waals surface area contributed by atoms with E-state index in [1.165, 1.54) is 0 Å². The van der Waals surface area contributed by atoms with Crippen LogP contribution in [0.3, 0.4) is 0 Å². The van der Waals surface area contributed by atoms with Gasteiger partial charge in [0.15, 0.2) is 5.84 Å². The van der Waals surface area contributed by atoms with E-state index in [2.05, 4.69) is 14.9 Å². The molecule has 1 rings (SSSR count). The topological polar surface area (TPSA) is 118 Å². The summed E-state index contributed by atoms with van der Waals surface area (Å²) in [5, 5.41) is 11.8. The van der Waals surface area contributed by atoms with Crippen molar-refractivity contribution in [1.29, 1.82) is 0 Å². The summed E-state index contributed by atoms with van der Waals surface area (Å²) in [4.78, 5) is 4.09. The average Bonchev–Trinajstić information content (AvgIpc) is 2.51. The number of nitrogens with two attached hydrogens (primary N) is 1. The van der Waals surface area contributed by atoms with E-state index < -0.39 is 15.6 Å². The zero-order valence-electron chi connectivity index (χ0n) is 12.3. The minimum absolute atomic E-state index is 0.107. The monoisotopic (exact) mass is 314 g/mol. The number of aromatic nitrogens is 1. The minimum atomic E-state index is -3.58. The molecule has 0 spiro atoms. The molecule has 0 fully saturated rings. The van der Waals surface area contributed by atoms with Gasteiger partial charge in [0.25, 0.3) is 0 Å². The van der Waals surface area contributed by atoms with Gasteiger partial charge in [0, 0.05) is 18.3 Å². The standard InChI is InChI=1S/C13H22N4O3S/c1-3-13(4-2,12(14)16-18)17-21(19,20)10-8-11-7-5-6-9-15-11/h5-7,9,17-18H,3-4,8,10H2,1-2H3,(H2,14,16). The molecule has 1 aromatic rings. The van der Waals surface area contributed by atoms with Crippen LogP contribution in [0.2, 0.25) is 0 Å². The van der Waals surface area contributed by atoms with Crippen molar-refractivity contribution in [1.82, 2.24) is 9.71 Å². The molecule has 1 aromatic heterocycles. The van der Waals surface area contributed by atoms with Crippen LogP contribution in [0.1, 0.15) is 32.4 Å². The third kappa shape index (κ3) is 4.68. The molecular weight excluding hydrogens is 292 g/mol. The molecule has 0 bridgehead atoms. The summed E-state index contributed by atoms with van der Waals surface area (Å²) >= 11 is 0. The molecule has 118 valence electrons. The fourth-order valence-corrected chi connectivity index (χ4v) is 3.61. The molecule has 4 N–H and O–H groups in total. The van der Waals surface area contributed by atoms with Gasteiger partial charge in [-0.3, -0.25) is 4.98 Å². The largest absolute Gasteiger partial charge is 0.409 e. The van der Waals surface area contributed by atoms with Crippen molar-refractivity contribution in [3.05, 3.63) is 30.1 Å². The molecule has 0 unspecified atom stereocenters. The van der Waals surface area contributed by atoms with Gasteiger partial charge in [-0.05, 0) is 25.0 Å². The van der Waals surface area contributed by atoms with E-state index in [0.717, 1.165) is 0 Å². The summed E-state index contributed by atoms with van der Waals surface area (Å²) < 4.78 is 27.0. The van der Waals surface area contributed by atoms with Gasteiger partial charge >= 0.3 is 0 Å². The Morgan fingerprint density at radius 2 is 2.10 bits per heavy atom. The molecule has 0 aliphatic carbocycles. The van der Waals surface area contributed by atoms with Crippen LogP contribution in [-0.4, -0.2) is 35.7 Å². The number of nitrogens with zero attached hydrogens (tertiary/aromatic N) is 2. The highest BCUT2D eigenvalue weighted by atomic mass is 32.2. The Morgan fingerprint density at radius 3 is 2.57 bits per heavy atom. The van der Waals surface area contributed by atoms with E-state index in [0.29, 0.717) is 25.0 Å². The summed E-state index contributed by atoms with van der Waals surface area (Å²) in [7, 11) is -3.58. The van der Waals surface area contributed by atoms with Crippen LogP contribution >= 0.6 is 0 Å². The second-order valence-electron chi connectivity index (χ2n) is 4.77. The van der Waals surface area contributed by atoms with Crippen LogP contribution in [0, 0.1) is 0 Å². The fourth-order valence-electron chi connectivity index (χ4n) is 2.04. The van der Waals surface area contributed by atoms with Gasteiger partial charge in [-0.25, -0.2) is 13.1 Å². The van der Waals surface area contributed by atoms with Crippen molar-refractivity contribution in [2.24, 2.45) is 10.9 Å². The highest BCUT2D eigenvalue weighted by Gasteiger charge is 2.35. The molecule has 0 saturated carbocycles. The molecule has 0 atom stereocenters. The van der Waals surface area contributed by atoms with Crippen LogP contribution in [-0.2, 0) is 16.4 Å². The first kappa shape index (κ1) is 17.4. The zero-order chi connectivity index (χ0) is 15.9. The molecule has 0 amide bonds. The lowest BCUT2D eigenvalue weighted by Gasteiger charge is -2.30. The highest BCUT2D eigenvalue weighted by molar-refractivity contribution is 7.89. The van der Waals surface area contributed by atoms with Crippen molar-refractivity contribution in [3.63, 3.8) is 0 Å². The molecule has 0 aliphatic rings. The Bertz CT molecular complexity index is 568. The lowest BCUT2D eigenvalue weighted by molar-refractivity contribution is 0.307. The van der Waals surface area contributed by atoms with E-state index >= 15 is 0 Å². The van der Waals surface area contributed by atoms with Gasteiger partial charge in [-0.2, -0.15) is 0 Å². The van der Waals surface area contributed by atoms with Crippen molar-refractivity contribution in [3.8, 4) is 0 Å². The molecule has 1 heterocycles. The van der Waals surface area contributed by atoms with Gasteiger partial charge < -0.3 is 10.9 Å². The highest BCUT2D eigenvalue weighted by Crippen LogP contribution is 2.17. The van der Waals surface area contributed by atoms with Crippen LogP contribution in [0.4, 0.5) is 0 Å². The lowest BCUT2D eigenvalue weighted by atomic mass is 9.93. The Hall–Kier alpha value is -1.67. The molecule has 7 nitrogen and oxygen atoms in total. The van der Waals surface area contributed by atoms with Crippen molar-refractivity contribution in [2.45, 2.75) is 38.6 Å². The summed E-state index contributed by atoms with van der Waals surface area (Å²) in [6, 6.07) is 5.35. The van der Waals surface area contributed by atoms with Gasteiger partial charge in [-0.15, -0.1) is 0 Å². The van der Waals surface area contributed by atoms with E-state index in [1.54, 1.807) is 38.2 Å². The first-order valence-electron chi connectivity index (χ1n) is 6.78. The fraction of sp³-hybridized carbons (Fsp3) is 0.538. The van der Waals surface area contributed by atoms with Gasteiger partial charge in [0.2, 0.25) is 10.0 Å². The number of rotatable bonds is 8. The third-order valence-corrected chi connectivity index (χ3v) is 4.95. The predicted octanol–water partition coefficient (Wildman–Crippen LogP) is 0.849. The maximum atomic E-state index is 12.2. The van der Waals surface area contributed by atoms with E-state index in [9.17, 15) is 8.42 Å². The van der Waals surface area contributed by atoms with E-state index in [-0.39, 0.29) is 11.6 Å². The average molecular weight is 314 g/mol. The van der Waals surface area contributed by atoms with E-state index in [1.807, 2.05) is 0 Å². The first-order chi connectivity index (χ1) is 9.89. The van der Waals surface area contributed by atoms with Crippen molar-refractivity contribution in [2.75, 3.05) is 5.75 Å². The number of hydrogen-bond acceptors (Lipinski definition) is 5. The molecule has 0 saturated heterocycles. The number of pyridine rings is 1. The smallest absolute Gasteiger partial charge is 0.212 e. The number of oxime groups is 1. The van der Waals surface area contributed by atoms with Gasteiger partial charge in [-0.1, -0.05) is 25.1 Å². The Labute approximate surface area is 125 Å². The molecule has 8 heteroatoms. The zero-order valence-corrected chi connectivity index (χ0v) is 13.1. The Balaban J connectivity index is 2.83. The molecule has 0 aromatic carbocycles. The summed E-state index contributed by atoms with van der Waals surface area (Å²) in [5.41, 5.74) is 5.29. The maximum absolute atomic E-state index is 12.2. The predicted molar refractivity (Wildman–Crippen MR) is 81.6 cm³/mol. The van der Waals surface area contributed by atoms with Crippen LogP contribution in [0.5, 0.6) is 0 Å². The second-order valence-corrected chi connectivity index (χ2v) is 6.61. The number of nitrogens with one attached hydrogen (secondary N) is 1. The first-order valence-corrected chi connectivity index (χ1v) is 8.44. The SMILES string of the molecule is CCC(CC)(NS(=O)(=O)CCc1ccccn1)/C(N)=N/O. The molecular formula is C13H22N4O3S. The van der Waals surface area contributed by atoms with Crippen LogP contribution in [0.15, 0.2) is 29.6 Å². The Kier molecular flexibility index (Phi) is 6.10. The van der Waals surface area contributed by atoms with Gasteiger partial charge in [0.05, 0.1) is 11.3 Å².